The molecular formula is C18H21N7O3. The molecule has 146 valence electrons. The van der Waals surface area contributed by atoms with Crippen molar-refractivity contribution in [1.29, 1.82) is 0 Å². The van der Waals surface area contributed by atoms with Crippen LogP contribution in [0.5, 0.6) is 0 Å². The Hall–Kier alpha value is -3.40. The Bertz CT molecular complexity index is 1200. The van der Waals surface area contributed by atoms with E-state index in [1.165, 1.54) is 11.6 Å². The fraction of sp³-hybridized carbons (Fsp3) is 0.333. The standard InChI is InChI=1S/C18H21N7O3/c1-22-15-13(16(27)23(2)18(22)28)25(12-6-4-3-5-11(12)14(19)26)17(21-15)24-9-7-20-8-10-24/h3-6,20H,7-10H2,1-2H3,(H2,19,26). The van der Waals surface area contributed by atoms with E-state index in [0.717, 1.165) is 17.7 Å². The molecule has 4 rings (SSSR count). The zero-order chi connectivity index (χ0) is 20.0. The zero-order valence-corrected chi connectivity index (χ0v) is 15.7. The lowest BCUT2D eigenvalue weighted by Gasteiger charge is -2.29. The number of carbonyl (C=O) groups is 1. The number of para-hydroxylation sites is 1. The topological polar surface area (TPSA) is 120 Å². The van der Waals surface area contributed by atoms with E-state index in [-0.39, 0.29) is 16.7 Å². The van der Waals surface area contributed by atoms with Crippen molar-refractivity contribution in [2.24, 2.45) is 19.8 Å². The molecule has 1 amide bonds. The summed E-state index contributed by atoms with van der Waals surface area (Å²) < 4.78 is 4.02. The highest BCUT2D eigenvalue weighted by molar-refractivity contribution is 5.97. The predicted octanol–water partition coefficient (Wildman–Crippen LogP) is -1.07. The highest BCUT2D eigenvalue weighted by Gasteiger charge is 2.26. The molecule has 2 aromatic heterocycles. The molecule has 0 saturated carbocycles. The Labute approximate surface area is 159 Å². The van der Waals surface area contributed by atoms with Crippen LogP contribution in [-0.4, -0.2) is 50.8 Å². The van der Waals surface area contributed by atoms with Gasteiger partial charge in [0.25, 0.3) is 11.5 Å². The number of carbonyl (C=O) groups excluding carboxylic acids is 1. The second kappa shape index (κ2) is 6.64. The van der Waals surface area contributed by atoms with Gasteiger partial charge in [0.1, 0.15) is 0 Å². The number of anilines is 1. The molecule has 3 heterocycles. The van der Waals surface area contributed by atoms with E-state index in [1.54, 1.807) is 35.9 Å². The van der Waals surface area contributed by atoms with Crippen molar-refractivity contribution in [3.63, 3.8) is 0 Å². The van der Waals surface area contributed by atoms with Crippen molar-refractivity contribution in [3.05, 3.63) is 50.7 Å². The zero-order valence-electron chi connectivity index (χ0n) is 15.7. The summed E-state index contributed by atoms with van der Waals surface area (Å²) in [7, 11) is 2.99. The lowest BCUT2D eigenvalue weighted by atomic mass is 10.1. The van der Waals surface area contributed by atoms with Gasteiger partial charge < -0.3 is 16.0 Å². The molecule has 1 aliphatic heterocycles. The van der Waals surface area contributed by atoms with Gasteiger partial charge in [0.15, 0.2) is 11.2 Å². The second-order valence-electron chi connectivity index (χ2n) is 6.74. The molecule has 0 aliphatic carbocycles. The van der Waals surface area contributed by atoms with Crippen LogP contribution in [-0.2, 0) is 14.1 Å². The summed E-state index contributed by atoms with van der Waals surface area (Å²) in [6, 6.07) is 6.80. The fourth-order valence-corrected chi connectivity index (χ4v) is 3.57. The average molecular weight is 383 g/mol. The number of nitrogens with zero attached hydrogens (tertiary/aromatic N) is 5. The maximum atomic E-state index is 13.0. The van der Waals surface area contributed by atoms with Crippen LogP contribution in [0.25, 0.3) is 16.9 Å². The molecule has 3 aromatic rings. The van der Waals surface area contributed by atoms with Gasteiger partial charge in [-0.05, 0) is 12.1 Å². The Morgan fingerprint density at radius 1 is 1.11 bits per heavy atom. The van der Waals surface area contributed by atoms with Gasteiger partial charge in [0.2, 0.25) is 5.95 Å². The number of aromatic nitrogens is 4. The number of aryl methyl sites for hydroxylation is 1. The third-order valence-electron chi connectivity index (χ3n) is 5.05. The first kappa shape index (κ1) is 18.0. The van der Waals surface area contributed by atoms with Crippen LogP contribution >= 0.6 is 0 Å². The molecule has 0 unspecified atom stereocenters. The summed E-state index contributed by atoms with van der Waals surface area (Å²) in [4.78, 5) is 44.1. The lowest BCUT2D eigenvalue weighted by molar-refractivity contribution is 0.100. The number of piperazine rings is 1. The number of hydrogen-bond donors (Lipinski definition) is 2. The van der Waals surface area contributed by atoms with Gasteiger partial charge in [-0.1, -0.05) is 12.1 Å². The molecule has 10 nitrogen and oxygen atoms in total. The van der Waals surface area contributed by atoms with E-state index >= 15 is 0 Å². The molecule has 1 aromatic carbocycles. The third kappa shape index (κ3) is 2.61. The molecule has 1 aliphatic rings. The molecule has 0 radical (unpaired) electrons. The number of benzene rings is 1. The van der Waals surface area contributed by atoms with Crippen LogP contribution in [0.15, 0.2) is 33.9 Å². The predicted molar refractivity (Wildman–Crippen MR) is 105 cm³/mol. The molecule has 1 saturated heterocycles. The molecule has 1 fully saturated rings. The van der Waals surface area contributed by atoms with Crippen molar-refractivity contribution in [3.8, 4) is 5.69 Å². The molecular weight excluding hydrogens is 362 g/mol. The average Bonchev–Trinajstić information content (AvgIpc) is 3.12. The molecule has 3 N–H and O–H groups in total. The number of amides is 1. The lowest BCUT2D eigenvalue weighted by Crippen LogP contribution is -2.44. The number of nitrogens with one attached hydrogen (secondary N) is 1. The van der Waals surface area contributed by atoms with E-state index in [0.29, 0.717) is 24.7 Å². The smallest absolute Gasteiger partial charge is 0.332 e. The fourth-order valence-electron chi connectivity index (χ4n) is 3.57. The normalized spacial score (nSPS) is 14.6. The summed E-state index contributed by atoms with van der Waals surface area (Å²) in [6.07, 6.45) is 0. The van der Waals surface area contributed by atoms with E-state index in [1.807, 2.05) is 4.90 Å². The quantitative estimate of drug-likeness (QED) is 0.594. The number of primary amides is 1. The van der Waals surface area contributed by atoms with Gasteiger partial charge in [-0.15, -0.1) is 0 Å². The molecule has 0 bridgehead atoms. The largest absolute Gasteiger partial charge is 0.366 e. The summed E-state index contributed by atoms with van der Waals surface area (Å²) in [6.45, 7) is 2.88. The first-order chi connectivity index (χ1) is 13.4. The number of rotatable bonds is 3. The van der Waals surface area contributed by atoms with Crippen LogP contribution in [0.3, 0.4) is 0 Å². The summed E-state index contributed by atoms with van der Waals surface area (Å²) in [5, 5.41) is 3.27. The minimum absolute atomic E-state index is 0.229. The van der Waals surface area contributed by atoms with Gasteiger partial charge in [0.05, 0.1) is 11.3 Å². The van der Waals surface area contributed by atoms with E-state index in [9.17, 15) is 14.4 Å². The van der Waals surface area contributed by atoms with E-state index in [4.69, 9.17) is 5.73 Å². The maximum Gasteiger partial charge on any atom is 0.332 e. The van der Waals surface area contributed by atoms with Crippen molar-refractivity contribution >= 4 is 23.0 Å². The Morgan fingerprint density at radius 3 is 2.46 bits per heavy atom. The van der Waals surface area contributed by atoms with Gasteiger partial charge in [-0.3, -0.25) is 23.3 Å². The summed E-state index contributed by atoms with van der Waals surface area (Å²) in [5.41, 5.74) is 5.86. The molecule has 28 heavy (non-hydrogen) atoms. The molecule has 10 heteroatoms. The minimum Gasteiger partial charge on any atom is -0.366 e. The highest BCUT2D eigenvalue weighted by Crippen LogP contribution is 2.27. The van der Waals surface area contributed by atoms with Gasteiger partial charge in [-0.25, -0.2) is 4.79 Å². The number of fused-ring (bicyclic) bond motifs is 1. The number of nitrogens with two attached hydrogens (primary N) is 1. The Balaban J connectivity index is 2.15. The number of imidazole rings is 1. The van der Waals surface area contributed by atoms with E-state index < -0.39 is 17.2 Å². The van der Waals surface area contributed by atoms with Crippen molar-refractivity contribution in [2.75, 3.05) is 31.1 Å². The van der Waals surface area contributed by atoms with Gasteiger partial charge >= 0.3 is 5.69 Å². The number of hydrogen-bond acceptors (Lipinski definition) is 6. The SMILES string of the molecule is Cn1c(=O)c2c(nc(N3CCNCC3)n2-c2ccccc2C(N)=O)n(C)c1=O. The highest BCUT2D eigenvalue weighted by atomic mass is 16.2. The summed E-state index contributed by atoms with van der Waals surface area (Å²) in [5.74, 6) is -0.103. The monoisotopic (exact) mass is 383 g/mol. The van der Waals surface area contributed by atoms with Crippen molar-refractivity contribution < 1.29 is 4.79 Å². The Kier molecular flexibility index (Phi) is 4.27. The van der Waals surface area contributed by atoms with E-state index in [2.05, 4.69) is 10.3 Å². The van der Waals surface area contributed by atoms with Crippen molar-refractivity contribution in [1.82, 2.24) is 24.0 Å². The maximum absolute atomic E-state index is 13.0. The Morgan fingerprint density at radius 2 is 1.79 bits per heavy atom. The van der Waals surface area contributed by atoms with Gasteiger partial charge in [-0.2, -0.15) is 4.98 Å². The van der Waals surface area contributed by atoms with Crippen LogP contribution in [0.2, 0.25) is 0 Å². The molecule has 0 atom stereocenters. The van der Waals surface area contributed by atoms with Crippen molar-refractivity contribution in [2.45, 2.75) is 0 Å². The van der Waals surface area contributed by atoms with Crippen LogP contribution < -0.4 is 27.2 Å². The van der Waals surface area contributed by atoms with Gasteiger partial charge in [0, 0.05) is 40.3 Å². The first-order valence-electron chi connectivity index (χ1n) is 8.95. The van der Waals surface area contributed by atoms with Crippen LogP contribution in [0, 0.1) is 0 Å². The van der Waals surface area contributed by atoms with Crippen LogP contribution in [0.1, 0.15) is 10.4 Å². The van der Waals surface area contributed by atoms with Crippen LogP contribution in [0.4, 0.5) is 5.95 Å². The second-order valence-corrected chi connectivity index (χ2v) is 6.74. The third-order valence-corrected chi connectivity index (χ3v) is 5.05. The molecule has 0 spiro atoms. The first-order valence-corrected chi connectivity index (χ1v) is 8.95. The summed E-state index contributed by atoms with van der Waals surface area (Å²) >= 11 is 0. The minimum atomic E-state index is -0.606.